The van der Waals surface area contributed by atoms with E-state index in [0.29, 0.717) is 11.3 Å². The molecule has 0 aliphatic carbocycles. The molecule has 23 heavy (non-hydrogen) atoms. The third-order valence-corrected chi connectivity index (χ3v) is 3.98. The number of amides is 3. The van der Waals surface area contributed by atoms with Gasteiger partial charge in [-0.15, -0.1) is 0 Å². The van der Waals surface area contributed by atoms with E-state index in [-0.39, 0.29) is 24.8 Å². The molecule has 0 saturated carbocycles. The molecule has 0 saturated heterocycles. The lowest BCUT2D eigenvalue weighted by molar-refractivity contribution is -0.137. The number of nitrogens with one attached hydrogen (secondary N) is 2. The third kappa shape index (κ3) is 2.49. The maximum absolute atomic E-state index is 12.1. The monoisotopic (exact) mass is 315 g/mol. The Morgan fingerprint density at radius 3 is 2.70 bits per heavy atom. The SMILES string of the molecule is CC1(C)NC(=O)c2cc(NC3=CC(=O)N(CCO)C3=O)ccc21. The van der Waals surface area contributed by atoms with E-state index < -0.39 is 17.4 Å². The topological polar surface area (TPSA) is 98.7 Å². The molecule has 2 aliphatic heterocycles. The summed E-state index contributed by atoms with van der Waals surface area (Å²) in [4.78, 5) is 36.8. The molecule has 3 rings (SSSR count). The van der Waals surface area contributed by atoms with Crippen molar-refractivity contribution >= 4 is 23.4 Å². The van der Waals surface area contributed by atoms with Crippen molar-refractivity contribution in [3.8, 4) is 0 Å². The van der Waals surface area contributed by atoms with Gasteiger partial charge in [-0.1, -0.05) is 6.07 Å². The van der Waals surface area contributed by atoms with Crippen molar-refractivity contribution in [2.24, 2.45) is 0 Å². The first-order valence-electron chi connectivity index (χ1n) is 7.26. The molecule has 0 aromatic heterocycles. The summed E-state index contributed by atoms with van der Waals surface area (Å²) in [5.41, 5.74) is 1.68. The molecule has 0 atom stereocenters. The first-order valence-corrected chi connectivity index (χ1v) is 7.26. The molecule has 1 aromatic rings. The molecule has 3 amide bonds. The number of rotatable bonds is 4. The van der Waals surface area contributed by atoms with Crippen LogP contribution in [0.1, 0.15) is 29.8 Å². The highest BCUT2D eigenvalue weighted by Crippen LogP contribution is 2.32. The van der Waals surface area contributed by atoms with Gasteiger partial charge >= 0.3 is 0 Å². The van der Waals surface area contributed by atoms with Gasteiger partial charge in [0.05, 0.1) is 18.7 Å². The van der Waals surface area contributed by atoms with Crippen LogP contribution in [0.25, 0.3) is 0 Å². The fraction of sp³-hybridized carbons (Fsp3) is 0.312. The summed E-state index contributed by atoms with van der Waals surface area (Å²) in [5, 5.41) is 14.6. The zero-order valence-electron chi connectivity index (χ0n) is 12.8. The highest BCUT2D eigenvalue weighted by Gasteiger charge is 2.35. The lowest BCUT2D eigenvalue weighted by Gasteiger charge is -2.19. The molecule has 2 aliphatic rings. The number of anilines is 1. The Hall–Kier alpha value is -2.67. The lowest BCUT2D eigenvalue weighted by Crippen LogP contribution is -2.34. The molecule has 1 aromatic carbocycles. The van der Waals surface area contributed by atoms with Gasteiger partial charge < -0.3 is 15.7 Å². The number of fused-ring (bicyclic) bond motifs is 1. The van der Waals surface area contributed by atoms with Crippen molar-refractivity contribution in [2.75, 3.05) is 18.5 Å². The maximum Gasteiger partial charge on any atom is 0.277 e. The van der Waals surface area contributed by atoms with Crippen LogP contribution in [0.4, 0.5) is 5.69 Å². The van der Waals surface area contributed by atoms with Crippen LogP contribution in [0.2, 0.25) is 0 Å². The number of benzene rings is 1. The number of aliphatic hydroxyl groups excluding tert-OH is 1. The molecule has 0 bridgehead atoms. The van der Waals surface area contributed by atoms with Crippen molar-refractivity contribution in [1.82, 2.24) is 10.2 Å². The van der Waals surface area contributed by atoms with Crippen molar-refractivity contribution in [3.05, 3.63) is 41.1 Å². The van der Waals surface area contributed by atoms with Crippen molar-refractivity contribution in [2.45, 2.75) is 19.4 Å². The molecule has 2 heterocycles. The van der Waals surface area contributed by atoms with E-state index in [1.807, 2.05) is 19.9 Å². The number of imide groups is 1. The average Bonchev–Trinajstić information content (AvgIpc) is 2.87. The normalized spacial score (nSPS) is 18.8. The van der Waals surface area contributed by atoms with Crippen LogP contribution in [0.3, 0.4) is 0 Å². The summed E-state index contributed by atoms with van der Waals surface area (Å²) >= 11 is 0. The van der Waals surface area contributed by atoms with Crippen LogP contribution >= 0.6 is 0 Å². The number of carbonyl (C=O) groups excluding carboxylic acids is 3. The van der Waals surface area contributed by atoms with Crippen molar-refractivity contribution in [1.29, 1.82) is 0 Å². The molecule has 0 unspecified atom stereocenters. The molecule has 7 nitrogen and oxygen atoms in total. The number of carbonyl (C=O) groups is 3. The quantitative estimate of drug-likeness (QED) is 0.695. The lowest BCUT2D eigenvalue weighted by atomic mass is 9.94. The summed E-state index contributed by atoms with van der Waals surface area (Å²) in [6.45, 7) is 3.50. The van der Waals surface area contributed by atoms with E-state index in [4.69, 9.17) is 5.11 Å². The van der Waals surface area contributed by atoms with Gasteiger partial charge in [-0.3, -0.25) is 19.3 Å². The van der Waals surface area contributed by atoms with Gasteiger partial charge in [0.25, 0.3) is 17.7 Å². The second-order valence-corrected chi connectivity index (χ2v) is 6.04. The van der Waals surface area contributed by atoms with Gasteiger partial charge in [-0.05, 0) is 31.5 Å². The minimum atomic E-state index is -0.491. The van der Waals surface area contributed by atoms with E-state index >= 15 is 0 Å². The van der Waals surface area contributed by atoms with Crippen LogP contribution in [0, 0.1) is 0 Å². The molecule has 0 fully saturated rings. The summed E-state index contributed by atoms with van der Waals surface area (Å²) in [6.07, 6.45) is 1.19. The zero-order chi connectivity index (χ0) is 16.8. The van der Waals surface area contributed by atoms with Gasteiger partial charge in [-0.25, -0.2) is 0 Å². The number of β-amino-alcohol motifs (C(OH)–C–C–N with tert-alkyl or cyclic N) is 1. The van der Waals surface area contributed by atoms with Gasteiger partial charge in [0.1, 0.15) is 5.70 Å². The van der Waals surface area contributed by atoms with Crippen LogP contribution in [-0.4, -0.2) is 40.9 Å². The standard InChI is InChI=1S/C16H17N3O4/c1-16(2)11-4-3-9(7-10(11)14(22)18-16)17-12-8-13(21)19(5-6-20)15(12)23/h3-4,7-8,17,20H,5-6H2,1-2H3,(H,18,22). The summed E-state index contributed by atoms with van der Waals surface area (Å²) < 4.78 is 0. The molecule has 120 valence electrons. The Kier molecular flexibility index (Phi) is 3.45. The number of nitrogens with zero attached hydrogens (tertiary/aromatic N) is 1. The summed E-state index contributed by atoms with van der Waals surface area (Å²) in [7, 11) is 0. The summed E-state index contributed by atoms with van der Waals surface area (Å²) in [6, 6.07) is 5.24. The molecular weight excluding hydrogens is 298 g/mol. The highest BCUT2D eigenvalue weighted by atomic mass is 16.3. The Morgan fingerprint density at radius 1 is 1.26 bits per heavy atom. The van der Waals surface area contributed by atoms with Gasteiger partial charge in [0.2, 0.25) is 0 Å². The first kappa shape index (κ1) is 15.2. The van der Waals surface area contributed by atoms with Gasteiger partial charge in [0, 0.05) is 17.3 Å². The van der Waals surface area contributed by atoms with Gasteiger partial charge in [0.15, 0.2) is 0 Å². The van der Waals surface area contributed by atoms with Crippen LogP contribution < -0.4 is 10.6 Å². The van der Waals surface area contributed by atoms with Crippen molar-refractivity contribution < 1.29 is 19.5 Å². The van der Waals surface area contributed by atoms with E-state index in [0.717, 1.165) is 10.5 Å². The fourth-order valence-electron chi connectivity index (χ4n) is 2.84. The third-order valence-electron chi connectivity index (χ3n) is 3.98. The molecule has 7 heteroatoms. The smallest absolute Gasteiger partial charge is 0.277 e. The largest absolute Gasteiger partial charge is 0.395 e. The Labute approximate surface area is 133 Å². The molecule has 0 spiro atoms. The molecular formula is C16H17N3O4. The van der Waals surface area contributed by atoms with Crippen molar-refractivity contribution in [3.63, 3.8) is 0 Å². The average molecular weight is 315 g/mol. The predicted octanol–water partition coefficient (Wildman–Crippen LogP) is 0.322. The minimum absolute atomic E-state index is 0.0415. The van der Waals surface area contributed by atoms with E-state index in [9.17, 15) is 14.4 Å². The molecule has 0 radical (unpaired) electrons. The first-order chi connectivity index (χ1) is 10.8. The minimum Gasteiger partial charge on any atom is -0.395 e. The Bertz CT molecular complexity index is 752. The van der Waals surface area contributed by atoms with Crippen LogP contribution in [0.5, 0.6) is 0 Å². The molecule has 3 N–H and O–H groups in total. The maximum atomic E-state index is 12.1. The second kappa shape index (κ2) is 5.20. The van der Waals surface area contributed by atoms with E-state index in [2.05, 4.69) is 10.6 Å². The number of hydrogen-bond donors (Lipinski definition) is 3. The summed E-state index contributed by atoms with van der Waals surface area (Å²) in [5.74, 6) is -1.13. The predicted molar refractivity (Wildman–Crippen MR) is 82.4 cm³/mol. The van der Waals surface area contributed by atoms with Crippen LogP contribution in [-0.2, 0) is 15.1 Å². The van der Waals surface area contributed by atoms with E-state index in [1.54, 1.807) is 12.1 Å². The number of hydrogen-bond acceptors (Lipinski definition) is 5. The fourth-order valence-corrected chi connectivity index (χ4v) is 2.84. The van der Waals surface area contributed by atoms with E-state index in [1.165, 1.54) is 6.08 Å². The zero-order valence-corrected chi connectivity index (χ0v) is 12.8. The number of aliphatic hydroxyl groups is 1. The highest BCUT2D eigenvalue weighted by molar-refractivity contribution is 6.17. The Balaban J connectivity index is 1.85. The van der Waals surface area contributed by atoms with Crippen LogP contribution in [0.15, 0.2) is 30.0 Å². The Morgan fingerprint density at radius 2 is 2.00 bits per heavy atom. The van der Waals surface area contributed by atoms with Gasteiger partial charge in [-0.2, -0.15) is 0 Å². The second-order valence-electron chi connectivity index (χ2n) is 6.04.